The molecule has 2 aliphatic heterocycles. The topological polar surface area (TPSA) is 43.9 Å². The van der Waals surface area contributed by atoms with Crippen LogP contribution in [-0.4, -0.2) is 72.3 Å². The van der Waals surface area contributed by atoms with Gasteiger partial charge in [0, 0.05) is 50.0 Å². The smallest absolute Gasteiger partial charge is 0.254 e. The predicted octanol–water partition coefficient (Wildman–Crippen LogP) is 1.30. The van der Waals surface area contributed by atoms with Crippen LogP contribution >= 0.6 is 11.3 Å². The minimum Gasteiger partial charge on any atom is -0.343 e. The number of aryl methyl sites for hydroxylation is 1. The van der Waals surface area contributed by atoms with E-state index in [0.717, 1.165) is 38.0 Å². The minimum absolute atomic E-state index is 0.0688. The molecule has 120 valence electrons. The zero-order valence-electron chi connectivity index (χ0n) is 13.2. The van der Waals surface area contributed by atoms with Crippen molar-refractivity contribution in [1.82, 2.24) is 14.7 Å². The fourth-order valence-corrected chi connectivity index (χ4v) is 4.17. The van der Waals surface area contributed by atoms with E-state index in [9.17, 15) is 9.59 Å². The summed E-state index contributed by atoms with van der Waals surface area (Å²) < 4.78 is 0. The van der Waals surface area contributed by atoms with E-state index in [1.165, 1.54) is 4.88 Å². The molecule has 0 saturated carbocycles. The maximum atomic E-state index is 12.7. The van der Waals surface area contributed by atoms with Crippen molar-refractivity contribution < 1.29 is 9.59 Å². The first-order valence-corrected chi connectivity index (χ1v) is 8.84. The van der Waals surface area contributed by atoms with Gasteiger partial charge in [-0.25, -0.2) is 0 Å². The standard InChI is InChI=1S/C16H23N3O2S/c1-3-4-13-9-12(11-22-13)15(20)19-8-7-18-6-5-17(2)16(21)14(18)10-19/h9,11,14H,3-8,10H2,1-2H3/t14-/m0/s1. The van der Waals surface area contributed by atoms with Crippen LogP contribution in [0.2, 0.25) is 0 Å². The van der Waals surface area contributed by atoms with E-state index in [-0.39, 0.29) is 17.9 Å². The second-order valence-corrected chi connectivity index (χ2v) is 7.11. The number of hydrogen-bond acceptors (Lipinski definition) is 4. The Morgan fingerprint density at radius 1 is 1.32 bits per heavy atom. The molecule has 3 heterocycles. The fourth-order valence-electron chi connectivity index (χ4n) is 3.20. The van der Waals surface area contributed by atoms with Gasteiger partial charge in [-0.2, -0.15) is 0 Å². The molecule has 2 aliphatic rings. The highest BCUT2D eigenvalue weighted by Crippen LogP contribution is 2.21. The van der Waals surface area contributed by atoms with Crippen molar-refractivity contribution in [3.8, 4) is 0 Å². The highest BCUT2D eigenvalue weighted by molar-refractivity contribution is 7.10. The van der Waals surface area contributed by atoms with Gasteiger partial charge in [0.05, 0.1) is 5.56 Å². The van der Waals surface area contributed by atoms with E-state index >= 15 is 0 Å². The third kappa shape index (κ3) is 2.90. The lowest BCUT2D eigenvalue weighted by Gasteiger charge is -2.45. The van der Waals surface area contributed by atoms with Gasteiger partial charge in [-0.3, -0.25) is 14.5 Å². The van der Waals surface area contributed by atoms with Crippen molar-refractivity contribution in [1.29, 1.82) is 0 Å². The van der Waals surface area contributed by atoms with E-state index in [1.807, 2.05) is 23.4 Å². The number of thiophene rings is 1. The van der Waals surface area contributed by atoms with Crippen LogP contribution in [0.25, 0.3) is 0 Å². The van der Waals surface area contributed by atoms with Crippen LogP contribution in [0.3, 0.4) is 0 Å². The number of carbonyl (C=O) groups is 2. The van der Waals surface area contributed by atoms with Crippen LogP contribution in [0.4, 0.5) is 0 Å². The molecule has 2 saturated heterocycles. The van der Waals surface area contributed by atoms with Gasteiger partial charge in [-0.1, -0.05) is 13.3 Å². The highest BCUT2D eigenvalue weighted by Gasteiger charge is 2.38. The number of piperazine rings is 2. The van der Waals surface area contributed by atoms with Crippen LogP contribution in [0.1, 0.15) is 28.6 Å². The molecule has 1 aromatic rings. The molecule has 0 bridgehead atoms. The third-order valence-corrected chi connectivity index (χ3v) is 5.56. The molecule has 1 atom stereocenters. The van der Waals surface area contributed by atoms with Gasteiger partial charge in [-0.05, 0) is 12.5 Å². The van der Waals surface area contributed by atoms with E-state index in [2.05, 4.69) is 11.8 Å². The quantitative estimate of drug-likeness (QED) is 0.843. The lowest BCUT2D eigenvalue weighted by Crippen LogP contribution is -2.64. The number of rotatable bonds is 3. The molecule has 5 nitrogen and oxygen atoms in total. The zero-order valence-corrected chi connectivity index (χ0v) is 14.1. The normalized spacial score (nSPS) is 22.8. The second-order valence-electron chi connectivity index (χ2n) is 6.11. The van der Waals surface area contributed by atoms with E-state index in [4.69, 9.17) is 0 Å². The number of hydrogen-bond donors (Lipinski definition) is 0. The summed E-state index contributed by atoms with van der Waals surface area (Å²) in [5.74, 6) is 0.208. The zero-order chi connectivity index (χ0) is 15.7. The highest BCUT2D eigenvalue weighted by atomic mass is 32.1. The first-order chi connectivity index (χ1) is 10.6. The average molecular weight is 321 g/mol. The fraction of sp³-hybridized carbons (Fsp3) is 0.625. The molecular weight excluding hydrogens is 298 g/mol. The lowest BCUT2D eigenvalue weighted by atomic mass is 10.1. The number of amides is 2. The summed E-state index contributed by atoms with van der Waals surface area (Å²) in [5, 5.41) is 1.95. The second kappa shape index (κ2) is 6.38. The molecule has 1 aromatic heterocycles. The molecule has 22 heavy (non-hydrogen) atoms. The molecule has 0 radical (unpaired) electrons. The van der Waals surface area contributed by atoms with Crippen LogP contribution in [0.15, 0.2) is 11.4 Å². The Kier molecular flexibility index (Phi) is 4.49. The van der Waals surface area contributed by atoms with Gasteiger partial charge in [0.2, 0.25) is 5.91 Å². The third-order valence-electron chi connectivity index (χ3n) is 4.56. The van der Waals surface area contributed by atoms with Crippen LogP contribution in [-0.2, 0) is 11.2 Å². The number of carbonyl (C=O) groups excluding carboxylic acids is 2. The Hall–Kier alpha value is -1.40. The molecular formula is C16H23N3O2S. The summed E-state index contributed by atoms with van der Waals surface area (Å²) in [6.45, 7) is 5.86. The maximum Gasteiger partial charge on any atom is 0.254 e. The van der Waals surface area contributed by atoms with Crippen LogP contribution in [0, 0.1) is 0 Å². The van der Waals surface area contributed by atoms with Crippen molar-refractivity contribution in [3.63, 3.8) is 0 Å². The summed E-state index contributed by atoms with van der Waals surface area (Å²) in [4.78, 5) is 32.1. The van der Waals surface area contributed by atoms with Gasteiger partial charge in [0.15, 0.2) is 0 Å². The Bertz CT molecular complexity index is 571. The Morgan fingerprint density at radius 2 is 2.09 bits per heavy atom. The molecule has 0 unspecified atom stereocenters. The molecule has 2 amide bonds. The maximum absolute atomic E-state index is 12.7. The molecule has 0 N–H and O–H groups in total. The van der Waals surface area contributed by atoms with Crippen molar-refractivity contribution in [2.45, 2.75) is 25.8 Å². The van der Waals surface area contributed by atoms with E-state index in [1.54, 1.807) is 16.2 Å². The Balaban J connectivity index is 1.69. The van der Waals surface area contributed by atoms with Crippen molar-refractivity contribution in [2.24, 2.45) is 0 Å². The van der Waals surface area contributed by atoms with Gasteiger partial charge >= 0.3 is 0 Å². The molecule has 2 fully saturated rings. The largest absolute Gasteiger partial charge is 0.343 e. The first-order valence-electron chi connectivity index (χ1n) is 7.96. The summed E-state index contributed by atoms with van der Waals surface area (Å²) >= 11 is 1.66. The van der Waals surface area contributed by atoms with Gasteiger partial charge in [0.1, 0.15) is 6.04 Å². The van der Waals surface area contributed by atoms with Crippen molar-refractivity contribution >= 4 is 23.2 Å². The van der Waals surface area contributed by atoms with Crippen molar-refractivity contribution in [2.75, 3.05) is 39.8 Å². The summed E-state index contributed by atoms with van der Waals surface area (Å²) in [6, 6.07) is 1.85. The van der Waals surface area contributed by atoms with Gasteiger partial charge in [0.25, 0.3) is 5.91 Å². The summed E-state index contributed by atoms with van der Waals surface area (Å²) in [7, 11) is 1.84. The molecule has 0 spiro atoms. The number of nitrogens with zero attached hydrogens (tertiary/aromatic N) is 3. The lowest BCUT2D eigenvalue weighted by molar-refractivity contribution is -0.142. The van der Waals surface area contributed by atoms with E-state index < -0.39 is 0 Å². The van der Waals surface area contributed by atoms with Gasteiger partial charge in [-0.15, -0.1) is 11.3 Å². The Morgan fingerprint density at radius 3 is 2.86 bits per heavy atom. The van der Waals surface area contributed by atoms with Crippen LogP contribution in [0.5, 0.6) is 0 Å². The summed E-state index contributed by atoms with van der Waals surface area (Å²) in [6.07, 6.45) is 2.12. The first kappa shape index (κ1) is 15.5. The summed E-state index contributed by atoms with van der Waals surface area (Å²) in [5.41, 5.74) is 0.776. The minimum atomic E-state index is -0.162. The molecule has 6 heteroatoms. The molecule has 3 rings (SSSR count). The SMILES string of the molecule is CCCc1cc(C(=O)N2CCN3CCN(C)C(=O)[C@@H]3C2)cs1. The molecule has 0 aliphatic carbocycles. The van der Waals surface area contributed by atoms with Gasteiger partial charge < -0.3 is 9.80 Å². The average Bonchev–Trinajstić information content (AvgIpc) is 2.99. The number of fused-ring (bicyclic) bond motifs is 1. The predicted molar refractivity (Wildman–Crippen MR) is 87.2 cm³/mol. The monoisotopic (exact) mass is 321 g/mol. The van der Waals surface area contributed by atoms with Crippen LogP contribution < -0.4 is 0 Å². The molecule has 0 aromatic carbocycles. The number of likely N-dealkylation sites (N-methyl/N-ethyl adjacent to an activating group) is 1. The van der Waals surface area contributed by atoms with E-state index in [0.29, 0.717) is 13.1 Å². The Labute approximate surface area is 135 Å². The van der Waals surface area contributed by atoms with Crippen molar-refractivity contribution in [3.05, 3.63) is 21.9 Å².